The van der Waals surface area contributed by atoms with Crippen LogP contribution in [0.2, 0.25) is 0 Å². The van der Waals surface area contributed by atoms with Crippen LogP contribution in [0.4, 0.5) is 0 Å². The normalized spacial score (nSPS) is 20.3. The molecule has 0 radical (unpaired) electrons. The molecule has 6 heteroatoms. The molecule has 0 bridgehead atoms. The molecule has 0 aliphatic carbocycles. The minimum Gasteiger partial charge on any atom is -0.370 e. The molecule has 0 aromatic carbocycles. The van der Waals surface area contributed by atoms with E-state index in [1.54, 1.807) is 11.3 Å². The van der Waals surface area contributed by atoms with Gasteiger partial charge in [-0.2, -0.15) is 0 Å². The van der Waals surface area contributed by atoms with Crippen LogP contribution in [0.5, 0.6) is 0 Å². The van der Waals surface area contributed by atoms with Crippen LogP contribution in [-0.4, -0.2) is 28.9 Å². The topological polar surface area (TPSA) is 54.5 Å². The number of likely N-dealkylation sites (tertiary alicyclic amines) is 1. The molecule has 1 aromatic heterocycles. The summed E-state index contributed by atoms with van der Waals surface area (Å²) in [4.78, 5) is 11.4. The summed E-state index contributed by atoms with van der Waals surface area (Å²) in [5.41, 5.74) is 7.34. The Morgan fingerprint density at radius 3 is 2.81 bits per heavy atom. The molecule has 1 fully saturated rings. The van der Waals surface area contributed by atoms with Crippen molar-refractivity contribution in [3.8, 4) is 0 Å². The molecule has 1 aliphatic rings. The zero-order valence-corrected chi connectivity index (χ0v) is 16.6. The third kappa shape index (κ3) is 5.39. The first-order valence-electron chi connectivity index (χ1n) is 7.36. The Morgan fingerprint density at radius 2 is 2.24 bits per heavy atom. The fraction of sp³-hybridized carbons (Fsp3) is 0.733. The van der Waals surface area contributed by atoms with Gasteiger partial charge in [0.2, 0.25) is 0 Å². The number of nitrogens with two attached hydrogens (primary N) is 1. The van der Waals surface area contributed by atoms with E-state index >= 15 is 0 Å². The number of aromatic nitrogens is 1. The lowest BCUT2D eigenvalue weighted by Crippen LogP contribution is -2.43. The Kier molecular flexibility index (Phi) is 6.90. The van der Waals surface area contributed by atoms with Gasteiger partial charge in [-0.15, -0.1) is 35.3 Å². The average Bonchev–Trinajstić information content (AvgIpc) is 2.84. The summed E-state index contributed by atoms with van der Waals surface area (Å²) >= 11 is 1.67. The van der Waals surface area contributed by atoms with Crippen LogP contribution >= 0.6 is 35.3 Å². The van der Waals surface area contributed by atoms with E-state index in [4.69, 9.17) is 5.73 Å². The maximum atomic E-state index is 6.10. The fourth-order valence-corrected chi connectivity index (χ4v) is 3.32. The summed E-state index contributed by atoms with van der Waals surface area (Å²) in [5, 5.41) is 3.17. The molecule has 4 nitrogen and oxygen atoms in total. The number of nitrogens with zero attached hydrogens (tertiary/aromatic N) is 3. The van der Waals surface area contributed by atoms with Gasteiger partial charge in [0.05, 0.1) is 12.2 Å². The van der Waals surface area contributed by atoms with Gasteiger partial charge < -0.3 is 10.6 Å². The molecule has 2 heterocycles. The predicted molar refractivity (Wildman–Crippen MR) is 102 cm³/mol. The maximum Gasteiger partial charge on any atom is 0.191 e. The molecule has 0 saturated carbocycles. The van der Waals surface area contributed by atoms with Crippen molar-refractivity contribution in [3.63, 3.8) is 0 Å². The number of hydrogen-bond acceptors (Lipinski definition) is 3. The summed E-state index contributed by atoms with van der Waals surface area (Å²) < 4.78 is 0. The van der Waals surface area contributed by atoms with Crippen molar-refractivity contribution in [1.82, 2.24) is 9.88 Å². The smallest absolute Gasteiger partial charge is 0.191 e. The van der Waals surface area contributed by atoms with Gasteiger partial charge in [-0.1, -0.05) is 27.7 Å². The molecular formula is C15H27IN4S. The quantitative estimate of drug-likeness (QED) is 0.450. The Balaban J connectivity index is 0.00000220. The lowest BCUT2D eigenvalue weighted by atomic mass is 9.93. The van der Waals surface area contributed by atoms with Gasteiger partial charge in [0.25, 0.3) is 0 Å². The highest BCUT2D eigenvalue weighted by Gasteiger charge is 2.19. The van der Waals surface area contributed by atoms with Crippen LogP contribution in [0, 0.1) is 5.92 Å². The molecule has 1 aromatic rings. The van der Waals surface area contributed by atoms with Gasteiger partial charge in [0, 0.05) is 23.9 Å². The Bertz CT molecular complexity index is 478. The van der Waals surface area contributed by atoms with Crippen molar-refractivity contribution in [1.29, 1.82) is 0 Å². The standard InChI is InChI=1S/C15H26N4S.HI/c1-11-6-5-7-19(9-11)14(16)17-8-13-18-12(10-20-13)15(2,3)4;/h10-11H,5-9H2,1-4H3,(H2,16,17);1H. The molecule has 120 valence electrons. The third-order valence-electron chi connectivity index (χ3n) is 3.68. The summed E-state index contributed by atoms with van der Waals surface area (Å²) in [5.74, 6) is 1.38. The third-order valence-corrected chi connectivity index (χ3v) is 4.51. The fourth-order valence-electron chi connectivity index (χ4n) is 2.37. The monoisotopic (exact) mass is 422 g/mol. The first-order valence-corrected chi connectivity index (χ1v) is 8.24. The molecule has 0 amide bonds. The highest BCUT2D eigenvalue weighted by molar-refractivity contribution is 14.0. The average molecular weight is 422 g/mol. The van der Waals surface area contributed by atoms with E-state index in [2.05, 4.69) is 48.0 Å². The van der Waals surface area contributed by atoms with Gasteiger partial charge in [-0.25, -0.2) is 9.98 Å². The maximum absolute atomic E-state index is 6.10. The number of aliphatic imine (C=N–C) groups is 1. The lowest BCUT2D eigenvalue weighted by molar-refractivity contribution is 0.270. The molecule has 2 N–H and O–H groups in total. The van der Waals surface area contributed by atoms with Gasteiger partial charge in [-0.3, -0.25) is 0 Å². The number of guanidine groups is 1. The predicted octanol–water partition coefficient (Wildman–Crippen LogP) is 3.61. The Labute approximate surface area is 149 Å². The number of halogens is 1. The van der Waals surface area contributed by atoms with Crippen molar-refractivity contribution in [3.05, 3.63) is 16.1 Å². The second-order valence-electron chi connectivity index (χ2n) is 6.74. The van der Waals surface area contributed by atoms with Crippen molar-refractivity contribution in [2.24, 2.45) is 16.6 Å². The lowest BCUT2D eigenvalue weighted by Gasteiger charge is -2.31. The van der Waals surface area contributed by atoms with E-state index in [0.717, 1.165) is 23.8 Å². The Hall–Kier alpha value is -0.370. The van der Waals surface area contributed by atoms with E-state index in [-0.39, 0.29) is 29.4 Å². The van der Waals surface area contributed by atoms with Crippen molar-refractivity contribution in [2.75, 3.05) is 13.1 Å². The second-order valence-corrected chi connectivity index (χ2v) is 7.69. The van der Waals surface area contributed by atoms with Crippen molar-refractivity contribution >= 4 is 41.3 Å². The second kappa shape index (κ2) is 7.76. The largest absolute Gasteiger partial charge is 0.370 e. The molecule has 2 rings (SSSR count). The first-order chi connectivity index (χ1) is 9.36. The molecule has 1 saturated heterocycles. The van der Waals surface area contributed by atoms with Crippen molar-refractivity contribution in [2.45, 2.75) is 52.5 Å². The van der Waals surface area contributed by atoms with Gasteiger partial charge >= 0.3 is 0 Å². The first kappa shape index (κ1) is 18.7. The molecule has 1 aliphatic heterocycles. The van der Waals surface area contributed by atoms with E-state index in [1.165, 1.54) is 12.8 Å². The molecule has 1 unspecified atom stereocenters. The highest BCUT2D eigenvalue weighted by Crippen LogP contribution is 2.24. The zero-order valence-electron chi connectivity index (χ0n) is 13.4. The number of thiazole rings is 1. The summed E-state index contributed by atoms with van der Waals surface area (Å²) in [6, 6.07) is 0. The SMILES string of the molecule is CC1CCCN(C(N)=NCc2nc(C(C)(C)C)cs2)C1.I. The van der Waals surface area contributed by atoms with Gasteiger partial charge in [-0.05, 0) is 18.8 Å². The van der Waals surface area contributed by atoms with Crippen LogP contribution in [0.15, 0.2) is 10.4 Å². The molecular weight excluding hydrogens is 395 g/mol. The Morgan fingerprint density at radius 1 is 1.52 bits per heavy atom. The van der Waals surface area contributed by atoms with E-state index in [1.807, 2.05) is 0 Å². The van der Waals surface area contributed by atoms with Crippen LogP contribution in [0.25, 0.3) is 0 Å². The summed E-state index contributed by atoms with van der Waals surface area (Å²) in [7, 11) is 0. The summed E-state index contributed by atoms with van der Waals surface area (Å²) in [6.45, 7) is 11.5. The number of hydrogen-bond donors (Lipinski definition) is 1. The minimum atomic E-state index is 0. The number of piperidine rings is 1. The van der Waals surface area contributed by atoms with Crippen molar-refractivity contribution < 1.29 is 0 Å². The molecule has 0 spiro atoms. The van der Waals surface area contributed by atoms with E-state index in [0.29, 0.717) is 18.4 Å². The van der Waals surface area contributed by atoms with E-state index in [9.17, 15) is 0 Å². The highest BCUT2D eigenvalue weighted by atomic mass is 127. The summed E-state index contributed by atoms with van der Waals surface area (Å²) in [6.07, 6.45) is 2.51. The van der Waals surface area contributed by atoms with Gasteiger partial charge in [0.15, 0.2) is 5.96 Å². The van der Waals surface area contributed by atoms with Crippen LogP contribution < -0.4 is 5.73 Å². The van der Waals surface area contributed by atoms with E-state index < -0.39 is 0 Å². The van der Waals surface area contributed by atoms with Crippen LogP contribution in [0.1, 0.15) is 51.2 Å². The van der Waals surface area contributed by atoms with Gasteiger partial charge in [0.1, 0.15) is 5.01 Å². The molecule has 1 atom stereocenters. The molecule has 21 heavy (non-hydrogen) atoms. The minimum absolute atomic E-state index is 0. The van der Waals surface area contributed by atoms with Crippen LogP contribution in [-0.2, 0) is 12.0 Å². The number of rotatable bonds is 2. The van der Waals surface area contributed by atoms with Crippen LogP contribution in [0.3, 0.4) is 0 Å². The zero-order chi connectivity index (χ0) is 14.8.